The van der Waals surface area contributed by atoms with Crippen molar-refractivity contribution in [1.82, 2.24) is 4.98 Å². The second-order valence-corrected chi connectivity index (χ2v) is 9.55. The van der Waals surface area contributed by atoms with Crippen LogP contribution in [0.15, 0.2) is 77.2 Å². The fourth-order valence-electron chi connectivity index (χ4n) is 4.41. The van der Waals surface area contributed by atoms with Crippen molar-refractivity contribution in [2.75, 3.05) is 5.32 Å². The molecular weight excluding hydrogens is 492 g/mol. The summed E-state index contributed by atoms with van der Waals surface area (Å²) in [5.74, 6) is -0.176. The average molecular weight is 517 g/mol. The Bertz CT molecular complexity index is 1460. The molecule has 1 heterocycles. The van der Waals surface area contributed by atoms with Gasteiger partial charge in [-0.15, -0.1) is 0 Å². The van der Waals surface area contributed by atoms with Gasteiger partial charge < -0.3 is 14.3 Å². The third-order valence-electron chi connectivity index (χ3n) is 6.67. The zero-order valence-electron chi connectivity index (χ0n) is 20.3. The summed E-state index contributed by atoms with van der Waals surface area (Å²) in [6, 6.07) is 22.5. The van der Waals surface area contributed by atoms with Gasteiger partial charge in [0.15, 0.2) is 5.89 Å². The van der Waals surface area contributed by atoms with Crippen molar-refractivity contribution in [2.45, 2.75) is 38.2 Å². The number of ether oxygens (including phenoxy) is 1. The zero-order valence-corrected chi connectivity index (χ0v) is 21.1. The van der Waals surface area contributed by atoms with Gasteiger partial charge in [-0.1, -0.05) is 78.3 Å². The van der Waals surface area contributed by atoms with Crippen LogP contribution in [0.5, 0.6) is 0 Å². The zero-order chi connectivity index (χ0) is 26.2. The molecule has 4 aromatic rings. The molecule has 1 unspecified atom stereocenters. The molecule has 3 aromatic carbocycles. The fourth-order valence-corrected chi connectivity index (χ4v) is 4.70. The number of hydrogen-bond acceptors (Lipinski definition) is 5. The number of carbonyl (C=O) groups excluding carboxylic acids is 1. The van der Waals surface area contributed by atoms with E-state index in [0.29, 0.717) is 35.0 Å². The van der Waals surface area contributed by atoms with Crippen LogP contribution in [0.4, 0.5) is 10.7 Å². The lowest BCUT2D eigenvalue weighted by atomic mass is 9.93. The molecule has 0 spiro atoms. The van der Waals surface area contributed by atoms with Gasteiger partial charge in [-0.25, -0.2) is 9.78 Å². The number of aryl methyl sites for hydroxylation is 1. The van der Waals surface area contributed by atoms with Gasteiger partial charge in [0, 0.05) is 23.1 Å². The van der Waals surface area contributed by atoms with Crippen LogP contribution in [-0.2, 0) is 14.9 Å². The van der Waals surface area contributed by atoms with Crippen LogP contribution in [0.1, 0.15) is 42.9 Å². The number of amides is 1. The van der Waals surface area contributed by atoms with Crippen LogP contribution in [0.25, 0.3) is 22.4 Å². The lowest BCUT2D eigenvalue weighted by molar-refractivity contribution is -0.140. The fraction of sp³-hybridized carbons (Fsp3) is 0.207. The van der Waals surface area contributed by atoms with E-state index in [-0.39, 0.29) is 5.88 Å². The number of nitrogens with zero attached hydrogens (tertiary/aromatic N) is 1. The minimum Gasteiger partial charge on any atom is -0.481 e. The summed E-state index contributed by atoms with van der Waals surface area (Å²) < 4.78 is 11.1. The molecule has 0 aliphatic heterocycles. The highest BCUT2D eigenvalue weighted by Gasteiger charge is 2.51. The van der Waals surface area contributed by atoms with E-state index in [1.807, 2.05) is 60.7 Å². The lowest BCUT2D eigenvalue weighted by Gasteiger charge is -2.15. The number of carboxylic acid groups (broad SMARTS) is 1. The van der Waals surface area contributed by atoms with E-state index >= 15 is 0 Å². The van der Waals surface area contributed by atoms with Crippen molar-refractivity contribution in [3.05, 3.63) is 94.8 Å². The molecule has 0 saturated heterocycles. The number of hydrogen-bond donors (Lipinski definition) is 2. The molecule has 1 aliphatic rings. The summed E-state index contributed by atoms with van der Waals surface area (Å²) in [6.45, 7) is 3.44. The number of rotatable bonds is 7. The first-order valence-electron chi connectivity index (χ1n) is 11.9. The van der Waals surface area contributed by atoms with Gasteiger partial charge in [-0.05, 0) is 42.5 Å². The first-order chi connectivity index (χ1) is 17.8. The highest BCUT2D eigenvalue weighted by atomic mass is 35.5. The second kappa shape index (κ2) is 9.75. The molecule has 0 bridgehead atoms. The predicted molar refractivity (Wildman–Crippen MR) is 141 cm³/mol. The van der Waals surface area contributed by atoms with E-state index < -0.39 is 23.6 Å². The molecule has 5 rings (SSSR count). The Balaban J connectivity index is 1.30. The minimum atomic E-state index is -0.765. The topological polar surface area (TPSA) is 102 Å². The predicted octanol–water partition coefficient (Wildman–Crippen LogP) is 7.40. The molecule has 1 aliphatic carbocycles. The van der Waals surface area contributed by atoms with Crippen molar-refractivity contribution in [1.29, 1.82) is 0 Å². The Morgan fingerprint density at radius 2 is 1.59 bits per heavy atom. The smallest absolute Gasteiger partial charge is 0.414 e. The first-order valence-corrected chi connectivity index (χ1v) is 12.3. The number of aromatic nitrogens is 1. The van der Waals surface area contributed by atoms with Gasteiger partial charge in [0.1, 0.15) is 11.8 Å². The molecule has 1 aromatic heterocycles. The Morgan fingerprint density at radius 1 is 1.00 bits per heavy atom. The Labute approximate surface area is 219 Å². The molecule has 1 fully saturated rings. The van der Waals surface area contributed by atoms with E-state index in [2.05, 4.69) is 10.3 Å². The largest absolute Gasteiger partial charge is 0.481 e. The molecular formula is C29H25ClN2O5. The summed E-state index contributed by atoms with van der Waals surface area (Å²) in [5, 5.41) is 12.7. The number of benzene rings is 3. The number of carboxylic acids is 1. The van der Waals surface area contributed by atoms with Crippen LogP contribution in [0.2, 0.25) is 5.02 Å². The molecule has 1 saturated carbocycles. The molecule has 8 heteroatoms. The Morgan fingerprint density at radius 3 is 2.19 bits per heavy atom. The summed E-state index contributed by atoms with van der Waals surface area (Å²) in [4.78, 5) is 28.6. The minimum absolute atomic E-state index is 0.189. The third-order valence-corrected chi connectivity index (χ3v) is 7.01. The van der Waals surface area contributed by atoms with Crippen molar-refractivity contribution < 1.29 is 23.8 Å². The molecule has 1 atom stereocenters. The maximum atomic E-state index is 12.6. The van der Waals surface area contributed by atoms with Crippen molar-refractivity contribution in [3.63, 3.8) is 0 Å². The molecule has 37 heavy (non-hydrogen) atoms. The Kier molecular flexibility index (Phi) is 6.48. The van der Waals surface area contributed by atoms with Crippen LogP contribution in [0, 0.1) is 6.92 Å². The van der Waals surface area contributed by atoms with E-state index in [1.54, 1.807) is 26.0 Å². The normalized spacial score (nSPS) is 14.6. The third kappa shape index (κ3) is 4.95. The SMILES string of the molecule is Cc1nc(-c2ccc(-c3ccc(C4(C(=O)O)CC4)cc3)cc2)c(NC(=O)OC(C)c2ccccc2Cl)o1. The Hall–Kier alpha value is -4.10. The highest BCUT2D eigenvalue weighted by Crippen LogP contribution is 2.48. The number of nitrogens with one attached hydrogen (secondary N) is 1. The molecule has 188 valence electrons. The van der Waals surface area contributed by atoms with Crippen molar-refractivity contribution in [2.24, 2.45) is 0 Å². The van der Waals surface area contributed by atoms with E-state index in [4.69, 9.17) is 20.8 Å². The maximum Gasteiger partial charge on any atom is 0.414 e. The number of aliphatic carboxylic acids is 1. The van der Waals surface area contributed by atoms with Gasteiger partial charge >= 0.3 is 12.1 Å². The standard InChI is InChI=1S/C29H25ClN2O5/c1-17(23-5-3-4-6-24(23)30)36-28(35)32-26-25(31-18(2)37-26)21-9-7-19(8-10-21)20-11-13-22(14-12-20)29(15-16-29)27(33)34/h3-14,17H,15-16H2,1-2H3,(H,32,35)(H,33,34). The van der Waals surface area contributed by atoms with Gasteiger partial charge in [0.25, 0.3) is 0 Å². The lowest BCUT2D eigenvalue weighted by Crippen LogP contribution is -2.19. The van der Waals surface area contributed by atoms with E-state index in [1.165, 1.54) is 0 Å². The summed E-state index contributed by atoms with van der Waals surface area (Å²) in [7, 11) is 0. The van der Waals surface area contributed by atoms with Crippen LogP contribution < -0.4 is 5.32 Å². The second-order valence-electron chi connectivity index (χ2n) is 9.15. The average Bonchev–Trinajstić information content (AvgIpc) is 3.62. The molecule has 7 nitrogen and oxygen atoms in total. The summed E-state index contributed by atoms with van der Waals surface area (Å²) in [6.07, 6.45) is 0.112. The number of carbonyl (C=O) groups is 2. The quantitative estimate of drug-likeness (QED) is 0.265. The molecule has 1 amide bonds. The van der Waals surface area contributed by atoms with Gasteiger partial charge in [-0.2, -0.15) is 0 Å². The van der Waals surface area contributed by atoms with Crippen molar-refractivity contribution >= 4 is 29.5 Å². The van der Waals surface area contributed by atoms with Crippen molar-refractivity contribution in [3.8, 4) is 22.4 Å². The highest BCUT2D eigenvalue weighted by molar-refractivity contribution is 6.31. The van der Waals surface area contributed by atoms with Gasteiger partial charge in [0.2, 0.25) is 5.88 Å². The summed E-state index contributed by atoms with van der Waals surface area (Å²) >= 11 is 6.21. The van der Waals surface area contributed by atoms with Crippen LogP contribution in [0.3, 0.4) is 0 Å². The number of anilines is 1. The maximum absolute atomic E-state index is 12.6. The van der Waals surface area contributed by atoms with E-state index in [0.717, 1.165) is 22.3 Å². The van der Waals surface area contributed by atoms with Crippen LogP contribution in [-0.4, -0.2) is 22.2 Å². The summed E-state index contributed by atoms with van der Waals surface area (Å²) in [5.41, 5.74) is 4.01. The number of halogens is 1. The number of oxazole rings is 1. The van der Waals surface area contributed by atoms with Gasteiger partial charge in [0.05, 0.1) is 5.41 Å². The molecule has 0 radical (unpaired) electrons. The monoisotopic (exact) mass is 516 g/mol. The van der Waals surface area contributed by atoms with E-state index in [9.17, 15) is 14.7 Å². The van der Waals surface area contributed by atoms with Gasteiger partial charge in [-0.3, -0.25) is 10.1 Å². The first kappa shape index (κ1) is 24.6. The molecule has 2 N–H and O–H groups in total. The van der Waals surface area contributed by atoms with Crippen LogP contribution >= 0.6 is 11.6 Å².